The molecular formula is C12H18N2. The van der Waals surface area contributed by atoms with Crippen LogP contribution in [0.15, 0.2) is 18.2 Å². The molecule has 2 heteroatoms. The summed E-state index contributed by atoms with van der Waals surface area (Å²) in [6.45, 7) is 2.37. The van der Waals surface area contributed by atoms with Crippen molar-refractivity contribution in [3.63, 3.8) is 0 Å². The molecule has 1 N–H and O–H groups in total. The van der Waals surface area contributed by atoms with Gasteiger partial charge in [-0.05, 0) is 43.1 Å². The van der Waals surface area contributed by atoms with Crippen molar-refractivity contribution < 1.29 is 0 Å². The molecule has 2 rings (SSSR count). The fraction of sp³-hybridized carbons (Fsp3) is 0.500. The van der Waals surface area contributed by atoms with E-state index in [1.54, 1.807) is 0 Å². The van der Waals surface area contributed by atoms with Gasteiger partial charge in [0.05, 0.1) is 0 Å². The number of anilines is 1. The normalized spacial score (nSPS) is 17.3. The van der Waals surface area contributed by atoms with Crippen molar-refractivity contribution in [2.45, 2.75) is 12.8 Å². The maximum atomic E-state index is 3.20. The van der Waals surface area contributed by atoms with E-state index >= 15 is 0 Å². The minimum Gasteiger partial charge on any atom is -0.388 e. The Bertz CT molecular complexity index is 320. The van der Waals surface area contributed by atoms with Crippen LogP contribution in [0.3, 0.4) is 0 Å². The van der Waals surface area contributed by atoms with Crippen molar-refractivity contribution in [1.29, 1.82) is 0 Å². The number of hydrogen-bond acceptors (Lipinski definition) is 2. The molecule has 76 valence electrons. The van der Waals surface area contributed by atoms with Crippen molar-refractivity contribution in [3.05, 3.63) is 29.3 Å². The van der Waals surface area contributed by atoms with Crippen LogP contribution in [0, 0.1) is 0 Å². The predicted molar refractivity (Wildman–Crippen MR) is 60.9 cm³/mol. The summed E-state index contributed by atoms with van der Waals surface area (Å²) in [7, 11) is 4.18. The van der Waals surface area contributed by atoms with Gasteiger partial charge < -0.3 is 10.2 Å². The van der Waals surface area contributed by atoms with Crippen LogP contribution in [0.2, 0.25) is 0 Å². The van der Waals surface area contributed by atoms with Crippen molar-refractivity contribution in [2.75, 3.05) is 32.5 Å². The molecule has 1 heterocycles. The molecule has 0 unspecified atom stereocenters. The van der Waals surface area contributed by atoms with Crippen molar-refractivity contribution in [1.82, 2.24) is 4.90 Å². The maximum absolute atomic E-state index is 3.20. The third-order valence-corrected chi connectivity index (χ3v) is 3.02. The lowest BCUT2D eigenvalue weighted by Crippen LogP contribution is -2.20. The summed E-state index contributed by atoms with van der Waals surface area (Å²) in [6.07, 6.45) is 2.37. The van der Waals surface area contributed by atoms with Gasteiger partial charge in [-0.3, -0.25) is 0 Å². The van der Waals surface area contributed by atoms with Crippen LogP contribution < -0.4 is 5.32 Å². The van der Waals surface area contributed by atoms with Crippen molar-refractivity contribution in [2.24, 2.45) is 0 Å². The molecule has 0 fully saturated rings. The van der Waals surface area contributed by atoms with Crippen molar-refractivity contribution in [3.8, 4) is 0 Å². The van der Waals surface area contributed by atoms with Gasteiger partial charge in [-0.2, -0.15) is 0 Å². The summed E-state index contributed by atoms with van der Waals surface area (Å²) in [4.78, 5) is 2.40. The van der Waals surface area contributed by atoms with Gasteiger partial charge in [-0.1, -0.05) is 6.07 Å². The van der Waals surface area contributed by atoms with Crippen LogP contribution in [-0.4, -0.2) is 32.1 Å². The average Bonchev–Trinajstić information content (AvgIpc) is 2.40. The van der Waals surface area contributed by atoms with Crippen LogP contribution in [-0.2, 0) is 12.8 Å². The molecule has 0 amide bonds. The maximum Gasteiger partial charge on any atom is 0.0340 e. The van der Waals surface area contributed by atoms with Crippen molar-refractivity contribution >= 4 is 5.69 Å². The lowest BCUT2D eigenvalue weighted by Gasteiger charge is -2.10. The number of nitrogens with zero attached hydrogens (tertiary/aromatic N) is 1. The first-order valence-corrected chi connectivity index (χ1v) is 5.27. The van der Waals surface area contributed by atoms with E-state index in [0.717, 1.165) is 0 Å². The second kappa shape index (κ2) is 4.01. The number of fused-ring (bicyclic) bond motifs is 1. The van der Waals surface area contributed by atoms with Gasteiger partial charge in [0.2, 0.25) is 0 Å². The minimum absolute atomic E-state index is 1.18. The largest absolute Gasteiger partial charge is 0.388 e. The van der Waals surface area contributed by atoms with Gasteiger partial charge in [0.1, 0.15) is 0 Å². The van der Waals surface area contributed by atoms with E-state index in [4.69, 9.17) is 0 Å². The third-order valence-electron chi connectivity index (χ3n) is 3.02. The van der Waals surface area contributed by atoms with E-state index in [9.17, 15) is 0 Å². The Morgan fingerprint density at radius 1 is 1.14 bits per heavy atom. The molecule has 0 spiro atoms. The van der Waals surface area contributed by atoms with E-state index in [1.807, 2.05) is 7.05 Å². The highest BCUT2D eigenvalue weighted by atomic mass is 15.1. The lowest BCUT2D eigenvalue weighted by atomic mass is 10.0. The average molecular weight is 190 g/mol. The molecule has 1 aromatic carbocycles. The zero-order valence-corrected chi connectivity index (χ0v) is 9.01. The summed E-state index contributed by atoms with van der Waals surface area (Å²) in [5, 5.41) is 3.20. The first-order valence-electron chi connectivity index (χ1n) is 5.27. The second-order valence-corrected chi connectivity index (χ2v) is 4.04. The Labute approximate surface area is 85.9 Å². The standard InChI is InChI=1S/C12H18N2/c1-13-12-4-3-10-5-7-14(2)8-6-11(10)9-12/h3-4,9,13H,5-8H2,1-2H3. The summed E-state index contributed by atoms with van der Waals surface area (Å²) < 4.78 is 0. The second-order valence-electron chi connectivity index (χ2n) is 4.04. The first kappa shape index (κ1) is 9.53. The predicted octanol–water partition coefficient (Wildman–Crippen LogP) is 1.76. The van der Waals surface area contributed by atoms with Gasteiger partial charge in [0.15, 0.2) is 0 Å². The quantitative estimate of drug-likeness (QED) is 0.726. The monoisotopic (exact) mass is 190 g/mol. The van der Waals surface area contributed by atoms with E-state index in [2.05, 4.69) is 35.5 Å². The smallest absolute Gasteiger partial charge is 0.0340 e. The summed E-state index contributed by atoms with van der Waals surface area (Å²) in [5.74, 6) is 0. The lowest BCUT2D eigenvalue weighted by molar-refractivity contribution is 0.352. The zero-order chi connectivity index (χ0) is 9.97. The van der Waals surface area contributed by atoms with Gasteiger partial charge in [0.25, 0.3) is 0 Å². The number of likely N-dealkylation sites (N-methyl/N-ethyl adjacent to an activating group) is 1. The number of benzene rings is 1. The third kappa shape index (κ3) is 1.90. The summed E-state index contributed by atoms with van der Waals surface area (Å²) in [6, 6.07) is 6.72. The van der Waals surface area contributed by atoms with Gasteiger partial charge >= 0.3 is 0 Å². The molecule has 1 aliphatic rings. The van der Waals surface area contributed by atoms with Gasteiger partial charge in [-0.25, -0.2) is 0 Å². The van der Waals surface area contributed by atoms with Gasteiger partial charge in [-0.15, -0.1) is 0 Å². The molecule has 2 nitrogen and oxygen atoms in total. The van der Waals surface area contributed by atoms with E-state index < -0.39 is 0 Å². The zero-order valence-electron chi connectivity index (χ0n) is 9.01. The fourth-order valence-electron chi connectivity index (χ4n) is 1.99. The summed E-state index contributed by atoms with van der Waals surface area (Å²) in [5.41, 5.74) is 4.27. The highest BCUT2D eigenvalue weighted by molar-refractivity contribution is 5.48. The van der Waals surface area contributed by atoms with Crippen LogP contribution >= 0.6 is 0 Å². The van der Waals surface area contributed by atoms with Crippen LogP contribution in [0.4, 0.5) is 5.69 Å². The molecule has 1 aliphatic heterocycles. The molecule has 0 aromatic heterocycles. The molecule has 0 atom stereocenters. The molecule has 0 saturated heterocycles. The number of hydrogen-bond donors (Lipinski definition) is 1. The highest BCUT2D eigenvalue weighted by Crippen LogP contribution is 2.19. The number of rotatable bonds is 1. The molecule has 0 aliphatic carbocycles. The molecule has 0 radical (unpaired) electrons. The van der Waals surface area contributed by atoms with Gasteiger partial charge in [0, 0.05) is 25.8 Å². The molecular weight excluding hydrogens is 172 g/mol. The molecule has 0 bridgehead atoms. The topological polar surface area (TPSA) is 15.3 Å². The molecule has 14 heavy (non-hydrogen) atoms. The van der Waals surface area contributed by atoms with Crippen LogP contribution in [0.5, 0.6) is 0 Å². The Morgan fingerprint density at radius 3 is 2.57 bits per heavy atom. The van der Waals surface area contributed by atoms with Crippen LogP contribution in [0.25, 0.3) is 0 Å². The fourth-order valence-corrected chi connectivity index (χ4v) is 1.99. The SMILES string of the molecule is CNc1ccc2c(c1)CCN(C)CC2. The Balaban J connectivity index is 2.27. The first-order chi connectivity index (χ1) is 6.79. The van der Waals surface area contributed by atoms with E-state index in [1.165, 1.54) is 42.7 Å². The van der Waals surface area contributed by atoms with E-state index in [0.29, 0.717) is 0 Å². The van der Waals surface area contributed by atoms with E-state index in [-0.39, 0.29) is 0 Å². The summed E-state index contributed by atoms with van der Waals surface area (Å²) >= 11 is 0. The highest BCUT2D eigenvalue weighted by Gasteiger charge is 2.10. The minimum atomic E-state index is 1.18. The Hall–Kier alpha value is -1.02. The Kier molecular flexibility index (Phi) is 2.73. The van der Waals surface area contributed by atoms with Crippen LogP contribution in [0.1, 0.15) is 11.1 Å². The Morgan fingerprint density at radius 2 is 1.86 bits per heavy atom. The molecule has 1 aromatic rings. The molecule has 0 saturated carbocycles. The number of nitrogens with one attached hydrogen (secondary N) is 1.